The predicted octanol–water partition coefficient (Wildman–Crippen LogP) is 2.61. The molecule has 0 fully saturated rings. The number of nitrogens with one attached hydrogen (secondary N) is 1. The molecule has 0 spiro atoms. The third-order valence-corrected chi connectivity index (χ3v) is 2.58. The number of anilines is 1. The second-order valence-corrected chi connectivity index (χ2v) is 3.78. The van der Waals surface area contributed by atoms with Crippen molar-refractivity contribution in [3.05, 3.63) is 30.0 Å². The van der Waals surface area contributed by atoms with Crippen LogP contribution in [0.1, 0.15) is 24.6 Å². The van der Waals surface area contributed by atoms with Gasteiger partial charge in [0.15, 0.2) is 0 Å². The Hall–Kier alpha value is -1.36. The Morgan fingerprint density at radius 2 is 2.43 bits per heavy atom. The van der Waals surface area contributed by atoms with Crippen molar-refractivity contribution in [3.8, 4) is 0 Å². The van der Waals surface area contributed by atoms with Gasteiger partial charge in [0.05, 0.1) is 12.3 Å². The smallest absolute Gasteiger partial charge is 0.203 e. The van der Waals surface area contributed by atoms with E-state index in [0.717, 1.165) is 16.7 Å². The maximum Gasteiger partial charge on any atom is 0.203 e. The van der Waals surface area contributed by atoms with Crippen LogP contribution in [-0.2, 0) is 0 Å². The molecule has 0 aliphatic heterocycles. The van der Waals surface area contributed by atoms with Crippen molar-refractivity contribution in [3.63, 3.8) is 0 Å². The molecule has 5 heteroatoms. The standard InChI is InChI=1S/C9H11N3OS/c1-6(8-4-3-5-13-8)10-9-11-7(2)12-14-9/h3-6H,1-2H3,(H,10,11,12). The first-order valence-corrected chi connectivity index (χ1v) is 5.13. The monoisotopic (exact) mass is 209 g/mol. The summed E-state index contributed by atoms with van der Waals surface area (Å²) < 4.78 is 9.36. The van der Waals surface area contributed by atoms with Crippen LogP contribution in [0, 0.1) is 6.92 Å². The van der Waals surface area contributed by atoms with Crippen LogP contribution in [0.3, 0.4) is 0 Å². The zero-order valence-electron chi connectivity index (χ0n) is 8.02. The highest BCUT2D eigenvalue weighted by molar-refractivity contribution is 7.09. The molecule has 1 atom stereocenters. The number of hydrogen-bond donors (Lipinski definition) is 1. The van der Waals surface area contributed by atoms with Crippen LogP contribution >= 0.6 is 11.5 Å². The van der Waals surface area contributed by atoms with Crippen molar-refractivity contribution in [2.45, 2.75) is 19.9 Å². The van der Waals surface area contributed by atoms with Crippen molar-refractivity contribution in [2.24, 2.45) is 0 Å². The molecule has 2 aromatic heterocycles. The molecule has 1 N–H and O–H groups in total. The van der Waals surface area contributed by atoms with Gasteiger partial charge < -0.3 is 9.73 Å². The Balaban J connectivity index is 2.05. The minimum absolute atomic E-state index is 0.123. The number of hydrogen-bond acceptors (Lipinski definition) is 5. The summed E-state index contributed by atoms with van der Waals surface area (Å²) in [5.41, 5.74) is 0. The lowest BCUT2D eigenvalue weighted by atomic mass is 10.3. The van der Waals surface area contributed by atoms with Crippen LogP contribution in [0.25, 0.3) is 0 Å². The average Bonchev–Trinajstić information content (AvgIpc) is 2.75. The first-order valence-electron chi connectivity index (χ1n) is 4.36. The highest BCUT2D eigenvalue weighted by Gasteiger charge is 2.09. The van der Waals surface area contributed by atoms with Crippen LogP contribution < -0.4 is 5.32 Å². The summed E-state index contributed by atoms with van der Waals surface area (Å²) in [5, 5.41) is 4.04. The molecule has 2 aromatic rings. The van der Waals surface area contributed by atoms with Crippen LogP contribution in [0.4, 0.5) is 5.13 Å². The maximum atomic E-state index is 5.27. The minimum Gasteiger partial charge on any atom is -0.467 e. The molecule has 0 aromatic carbocycles. The molecule has 2 heterocycles. The topological polar surface area (TPSA) is 51.0 Å². The maximum absolute atomic E-state index is 5.27. The zero-order valence-corrected chi connectivity index (χ0v) is 8.84. The molecular formula is C9H11N3OS. The zero-order chi connectivity index (χ0) is 9.97. The van der Waals surface area contributed by atoms with Crippen molar-refractivity contribution < 1.29 is 4.42 Å². The van der Waals surface area contributed by atoms with Gasteiger partial charge in [-0.25, -0.2) is 4.98 Å². The molecule has 0 bridgehead atoms. The number of aryl methyl sites for hydroxylation is 1. The van der Waals surface area contributed by atoms with E-state index < -0.39 is 0 Å². The minimum atomic E-state index is 0.123. The Morgan fingerprint density at radius 3 is 3.00 bits per heavy atom. The van der Waals surface area contributed by atoms with Gasteiger partial charge in [-0.3, -0.25) is 0 Å². The molecule has 14 heavy (non-hydrogen) atoms. The molecule has 4 nitrogen and oxygen atoms in total. The number of aromatic nitrogens is 2. The normalized spacial score (nSPS) is 12.7. The molecule has 0 aliphatic carbocycles. The largest absolute Gasteiger partial charge is 0.467 e. The quantitative estimate of drug-likeness (QED) is 0.844. The molecular weight excluding hydrogens is 198 g/mol. The van der Waals surface area contributed by atoms with E-state index in [2.05, 4.69) is 14.7 Å². The number of nitrogens with zero attached hydrogens (tertiary/aromatic N) is 2. The Labute approximate surface area is 86.1 Å². The summed E-state index contributed by atoms with van der Waals surface area (Å²) in [7, 11) is 0. The fourth-order valence-corrected chi connectivity index (χ4v) is 1.81. The Kier molecular flexibility index (Phi) is 2.49. The van der Waals surface area contributed by atoms with Gasteiger partial charge in [0.2, 0.25) is 5.13 Å². The summed E-state index contributed by atoms with van der Waals surface area (Å²) in [4.78, 5) is 4.22. The summed E-state index contributed by atoms with van der Waals surface area (Å²) in [5.74, 6) is 1.70. The summed E-state index contributed by atoms with van der Waals surface area (Å²) in [6.45, 7) is 3.90. The van der Waals surface area contributed by atoms with E-state index in [9.17, 15) is 0 Å². The lowest BCUT2D eigenvalue weighted by Crippen LogP contribution is -2.04. The van der Waals surface area contributed by atoms with E-state index in [0.29, 0.717) is 0 Å². The Bertz CT molecular complexity index is 396. The van der Waals surface area contributed by atoms with Gasteiger partial charge in [0.1, 0.15) is 11.6 Å². The van der Waals surface area contributed by atoms with E-state index >= 15 is 0 Å². The van der Waals surface area contributed by atoms with Gasteiger partial charge in [0.25, 0.3) is 0 Å². The first-order chi connectivity index (χ1) is 6.75. The third kappa shape index (κ3) is 1.93. The third-order valence-electron chi connectivity index (χ3n) is 1.84. The number of furan rings is 1. The van der Waals surface area contributed by atoms with Gasteiger partial charge >= 0.3 is 0 Å². The van der Waals surface area contributed by atoms with Crippen LogP contribution in [0.15, 0.2) is 22.8 Å². The molecule has 0 amide bonds. The second kappa shape index (κ2) is 3.79. The molecule has 0 radical (unpaired) electrons. The van der Waals surface area contributed by atoms with Crippen LogP contribution in [0.2, 0.25) is 0 Å². The molecule has 2 rings (SSSR count). The summed E-state index contributed by atoms with van der Waals surface area (Å²) >= 11 is 1.36. The van der Waals surface area contributed by atoms with E-state index in [1.54, 1.807) is 6.26 Å². The van der Waals surface area contributed by atoms with Gasteiger partial charge in [-0.2, -0.15) is 4.37 Å². The van der Waals surface area contributed by atoms with E-state index in [1.807, 2.05) is 26.0 Å². The molecule has 0 saturated carbocycles. The summed E-state index contributed by atoms with van der Waals surface area (Å²) in [6.07, 6.45) is 1.67. The SMILES string of the molecule is Cc1nsc(NC(C)c2ccco2)n1. The van der Waals surface area contributed by atoms with Crippen molar-refractivity contribution in [1.82, 2.24) is 9.36 Å². The second-order valence-electron chi connectivity index (χ2n) is 3.03. The molecule has 0 aliphatic rings. The van der Waals surface area contributed by atoms with Gasteiger partial charge in [-0.1, -0.05) is 0 Å². The van der Waals surface area contributed by atoms with E-state index in [4.69, 9.17) is 4.42 Å². The highest BCUT2D eigenvalue weighted by atomic mass is 32.1. The summed E-state index contributed by atoms with van der Waals surface area (Å²) in [6, 6.07) is 3.93. The fourth-order valence-electron chi connectivity index (χ4n) is 1.15. The van der Waals surface area contributed by atoms with Gasteiger partial charge in [-0.15, -0.1) is 0 Å². The molecule has 0 saturated heterocycles. The molecule has 74 valence electrons. The number of rotatable bonds is 3. The van der Waals surface area contributed by atoms with Crippen LogP contribution in [0.5, 0.6) is 0 Å². The molecule has 1 unspecified atom stereocenters. The fraction of sp³-hybridized carbons (Fsp3) is 0.333. The van der Waals surface area contributed by atoms with E-state index in [-0.39, 0.29) is 6.04 Å². The van der Waals surface area contributed by atoms with Gasteiger partial charge in [-0.05, 0) is 26.0 Å². The Morgan fingerprint density at radius 1 is 1.57 bits per heavy atom. The van der Waals surface area contributed by atoms with Crippen LogP contribution in [-0.4, -0.2) is 9.36 Å². The lowest BCUT2D eigenvalue weighted by Gasteiger charge is -2.08. The lowest BCUT2D eigenvalue weighted by molar-refractivity contribution is 0.490. The van der Waals surface area contributed by atoms with Crippen molar-refractivity contribution in [1.29, 1.82) is 0 Å². The van der Waals surface area contributed by atoms with Gasteiger partial charge in [0, 0.05) is 11.5 Å². The van der Waals surface area contributed by atoms with Crippen molar-refractivity contribution in [2.75, 3.05) is 5.32 Å². The predicted molar refractivity (Wildman–Crippen MR) is 55.4 cm³/mol. The first kappa shape index (κ1) is 9.21. The van der Waals surface area contributed by atoms with Crippen molar-refractivity contribution >= 4 is 16.7 Å². The average molecular weight is 209 g/mol. The highest BCUT2D eigenvalue weighted by Crippen LogP contribution is 2.20. The van der Waals surface area contributed by atoms with E-state index in [1.165, 1.54) is 11.5 Å².